The molecule has 0 spiro atoms. The maximum absolute atomic E-state index is 13.7. The molecule has 40 heavy (non-hydrogen) atoms. The minimum atomic E-state index is -3.65. The largest absolute Gasteiger partial charge is 0.481 e. The SMILES string of the molecule is CC(C)(c1ccccc1)S(=O)(=O)N1CCN(c2cnn(-c3cccc(Cl)c3)c(=O)c2OCc2ccccc2)CC1. The standard InChI is InChI=1S/C30H31ClN4O4S/c1-30(2,24-12-7-4-8-13-24)40(37,38)34-18-16-33(17-19-34)27-21-32-35(26-15-9-14-25(31)20-26)29(36)28(27)39-22-23-10-5-3-6-11-23/h3-15,20-21H,16-19,22H2,1-2H3. The molecule has 1 aliphatic heterocycles. The lowest BCUT2D eigenvalue weighted by atomic mass is 10.0. The Labute approximate surface area is 239 Å². The number of ether oxygens (including phenoxy) is 1. The Hall–Kier alpha value is -3.66. The zero-order valence-electron chi connectivity index (χ0n) is 22.4. The van der Waals surface area contributed by atoms with Crippen LogP contribution in [-0.2, 0) is 21.4 Å². The molecule has 8 nitrogen and oxygen atoms in total. The first kappa shape index (κ1) is 27.9. The van der Waals surface area contributed by atoms with E-state index in [1.54, 1.807) is 44.3 Å². The van der Waals surface area contributed by atoms with Crippen molar-refractivity contribution in [3.8, 4) is 11.4 Å². The van der Waals surface area contributed by atoms with Crippen LogP contribution >= 0.6 is 11.6 Å². The molecule has 208 valence electrons. The fourth-order valence-corrected chi connectivity index (χ4v) is 6.70. The Bertz CT molecular complexity index is 1640. The summed E-state index contributed by atoms with van der Waals surface area (Å²) in [5.74, 6) is 0.153. The van der Waals surface area contributed by atoms with E-state index in [4.69, 9.17) is 16.3 Å². The third kappa shape index (κ3) is 5.50. The summed E-state index contributed by atoms with van der Waals surface area (Å²) in [6.07, 6.45) is 1.60. The predicted octanol–water partition coefficient (Wildman–Crippen LogP) is 4.85. The molecule has 0 unspecified atom stereocenters. The Balaban J connectivity index is 1.42. The van der Waals surface area contributed by atoms with Crippen molar-refractivity contribution in [1.82, 2.24) is 14.1 Å². The van der Waals surface area contributed by atoms with E-state index in [0.717, 1.165) is 11.1 Å². The lowest BCUT2D eigenvalue weighted by Gasteiger charge is -2.39. The number of piperazine rings is 1. The molecule has 0 aliphatic carbocycles. The Kier molecular flexibility index (Phi) is 7.98. The van der Waals surface area contributed by atoms with E-state index in [1.165, 1.54) is 8.99 Å². The summed E-state index contributed by atoms with van der Waals surface area (Å²) >= 11 is 6.17. The lowest BCUT2D eigenvalue weighted by molar-refractivity contribution is 0.297. The normalized spacial score (nSPS) is 14.7. The van der Waals surface area contributed by atoms with Gasteiger partial charge in [0.05, 0.1) is 11.9 Å². The summed E-state index contributed by atoms with van der Waals surface area (Å²) < 4.78 is 35.2. The molecule has 5 rings (SSSR count). The van der Waals surface area contributed by atoms with E-state index < -0.39 is 20.3 Å². The fourth-order valence-electron chi connectivity index (χ4n) is 4.79. The topological polar surface area (TPSA) is 84.7 Å². The van der Waals surface area contributed by atoms with Crippen LogP contribution in [0, 0.1) is 0 Å². The van der Waals surface area contributed by atoms with Crippen molar-refractivity contribution in [3.63, 3.8) is 0 Å². The highest BCUT2D eigenvalue weighted by Gasteiger charge is 2.42. The van der Waals surface area contributed by atoms with Gasteiger partial charge in [-0.1, -0.05) is 78.3 Å². The van der Waals surface area contributed by atoms with Gasteiger partial charge in [-0.2, -0.15) is 14.1 Å². The van der Waals surface area contributed by atoms with Crippen molar-refractivity contribution >= 4 is 27.3 Å². The number of sulfonamides is 1. The van der Waals surface area contributed by atoms with Crippen LogP contribution in [0.5, 0.6) is 5.75 Å². The highest BCUT2D eigenvalue weighted by molar-refractivity contribution is 7.90. The number of nitrogens with zero attached hydrogens (tertiary/aromatic N) is 4. The molecule has 1 aliphatic rings. The molecular formula is C30H31ClN4O4S. The second kappa shape index (κ2) is 11.4. The van der Waals surface area contributed by atoms with Gasteiger partial charge in [0.2, 0.25) is 15.8 Å². The van der Waals surface area contributed by atoms with Gasteiger partial charge in [-0.15, -0.1) is 0 Å². The summed E-state index contributed by atoms with van der Waals surface area (Å²) in [5.41, 5.74) is 2.28. The number of hydrogen-bond acceptors (Lipinski definition) is 6. The fraction of sp³-hybridized carbons (Fsp3) is 0.267. The van der Waals surface area contributed by atoms with Crippen molar-refractivity contribution in [2.24, 2.45) is 0 Å². The second-order valence-electron chi connectivity index (χ2n) is 10.1. The second-order valence-corrected chi connectivity index (χ2v) is 13.0. The van der Waals surface area contributed by atoms with Crippen LogP contribution in [0.25, 0.3) is 5.69 Å². The van der Waals surface area contributed by atoms with E-state index >= 15 is 0 Å². The molecule has 0 N–H and O–H groups in total. The van der Waals surface area contributed by atoms with Gasteiger partial charge in [0.25, 0.3) is 0 Å². The summed E-state index contributed by atoms with van der Waals surface area (Å²) in [7, 11) is -3.65. The maximum Gasteiger partial charge on any atom is 0.316 e. The van der Waals surface area contributed by atoms with E-state index in [1.807, 2.05) is 65.6 Å². The third-order valence-electron chi connectivity index (χ3n) is 7.23. The Morgan fingerprint density at radius 2 is 1.55 bits per heavy atom. The predicted molar refractivity (Wildman–Crippen MR) is 158 cm³/mol. The first-order valence-corrected chi connectivity index (χ1v) is 14.9. The van der Waals surface area contributed by atoms with Gasteiger partial charge in [0, 0.05) is 31.2 Å². The summed E-state index contributed by atoms with van der Waals surface area (Å²) in [6.45, 7) is 4.98. The van der Waals surface area contributed by atoms with Crippen molar-refractivity contribution < 1.29 is 13.2 Å². The van der Waals surface area contributed by atoms with Crippen LogP contribution in [0.2, 0.25) is 5.02 Å². The van der Waals surface area contributed by atoms with Crippen molar-refractivity contribution in [3.05, 3.63) is 118 Å². The molecule has 4 aromatic rings. The molecule has 0 bridgehead atoms. The minimum Gasteiger partial charge on any atom is -0.481 e. The molecule has 1 fully saturated rings. The van der Waals surface area contributed by atoms with E-state index in [9.17, 15) is 13.2 Å². The van der Waals surface area contributed by atoms with Gasteiger partial charge in [0.1, 0.15) is 17.0 Å². The Morgan fingerprint density at radius 1 is 0.900 bits per heavy atom. The summed E-state index contributed by atoms with van der Waals surface area (Å²) in [6, 6.07) is 25.7. The summed E-state index contributed by atoms with van der Waals surface area (Å²) in [4.78, 5) is 15.6. The Morgan fingerprint density at radius 3 is 2.20 bits per heavy atom. The van der Waals surface area contributed by atoms with Crippen LogP contribution in [-0.4, -0.2) is 48.7 Å². The maximum atomic E-state index is 13.7. The van der Waals surface area contributed by atoms with E-state index in [-0.39, 0.29) is 25.4 Å². The van der Waals surface area contributed by atoms with Crippen LogP contribution < -0.4 is 15.2 Å². The molecule has 2 heterocycles. The van der Waals surface area contributed by atoms with Gasteiger partial charge in [-0.25, -0.2) is 8.42 Å². The van der Waals surface area contributed by atoms with Gasteiger partial charge in [-0.3, -0.25) is 4.79 Å². The van der Waals surface area contributed by atoms with Gasteiger partial charge in [0.15, 0.2) is 0 Å². The number of benzene rings is 3. The highest BCUT2D eigenvalue weighted by atomic mass is 35.5. The number of rotatable bonds is 8. The van der Waals surface area contributed by atoms with Crippen LogP contribution in [0.3, 0.4) is 0 Å². The average Bonchev–Trinajstić information content (AvgIpc) is 2.97. The van der Waals surface area contributed by atoms with Crippen molar-refractivity contribution in [1.29, 1.82) is 0 Å². The van der Waals surface area contributed by atoms with Gasteiger partial charge in [-0.05, 0) is 43.2 Å². The van der Waals surface area contributed by atoms with Crippen molar-refractivity contribution in [2.75, 3.05) is 31.1 Å². The molecule has 0 saturated carbocycles. The smallest absolute Gasteiger partial charge is 0.316 e. The lowest BCUT2D eigenvalue weighted by Crippen LogP contribution is -2.53. The highest BCUT2D eigenvalue weighted by Crippen LogP contribution is 2.34. The average molecular weight is 579 g/mol. The van der Waals surface area contributed by atoms with Crippen LogP contribution in [0.15, 0.2) is 95.9 Å². The number of hydrogen-bond donors (Lipinski definition) is 0. The number of anilines is 1. The van der Waals surface area contributed by atoms with Gasteiger partial charge < -0.3 is 9.64 Å². The molecule has 10 heteroatoms. The van der Waals surface area contributed by atoms with Crippen LogP contribution in [0.4, 0.5) is 5.69 Å². The third-order valence-corrected chi connectivity index (χ3v) is 10.0. The summed E-state index contributed by atoms with van der Waals surface area (Å²) in [5, 5.41) is 4.90. The zero-order valence-corrected chi connectivity index (χ0v) is 24.0. The minimum absolute atomic E-state index is 0.153. The number of halogens is 1. The van der Waals surface area contributed by atoms with Gasteiger partial charge >= 0.3 is 5.56 Å². The quantitative estimate of drug-likeness (QED) is 0.297. The number of aromatic nitrogens is 2. The molecule has 1 saturated heterocycles. The molecule has 0 radical (unpaired) electrons. The molecular weight excluding hydrogens is 548 g/mol. The molecule has 1 aromatic heterocycles. The van der Waals surface area contributed by atoms with E-state index in [0.29, 0.717) is 29.5 Å². The first-order chi connectivity index (χ1) is 19.2. The van der Waals surface area contributed by atoms with Crippen LogP contribution in [0.1, 0.15) is 25.0 Å². The molecule has 3 aromatic carbocycles. The molecule has 0 amide bonds. The zero-order chi connectivity index (χ0) is 28.3. The van der Waals surface area contributed by atoms with Crippen molar-refractivity contribution in [2.45, 2.75) is 25.2 Å². The monoisotopic (exact) mass is 578 g/mol. The first-order valence-electron chi connectivity index (χ1n) is 13.0. The van der Waals surface area contributed by atoms with E-state index in [2.05, 4.69) is 5.10 Å². The molecule has 0 atom stereocenters.